The Balaban J connectivity index is 1.69. The molecular formula is C23H25FN2O4S. The first-order valence-corrected chi connectivity index (χ1v) is 11.4. The van der Waals surface area contributed by atoms with Gasteiger partial charge < -0.3 is 9.73 Å². The molecule has 31 heavy (non-hydrogen) atoms. The number of sulfonamides is 1. The van der Waals surface area contributed by atoms with Gasteiger partial charge in [0, 0.05) is 6.04 Å². The maximum atomic E-state index is 14.2. The van der Waals surface area contributed by atoms with Crippen LogP contribution >= 0.6 is 0 Å². The number of aryl methyl sites for hydroxylation is 1. The van der Waals surface area contributed by atoms with Crippen molar-refractivity contribution in [3.63, 3.8) is 0 Å². The Morgan fingerprint density at radius 3 is 2.45 bits per heavy atom. The van der Waals surface area contributed by atoms with Crippen molar-refractivity contribution in [3.05, 3.63) is 90.1 Å². The molecule has 6 nitrogen and oxygen atoms in total. The van der Waals surface area contributed by atoms with Crippen molar-refractivity contribution < 1.29 is 22.0 Å². The van der Waals surface area contributed by atoms with Gasteiger partial charge in [-0.1, -0.05) is 42.5 Å². The minimum atomic E-state index is -4.26. The Kier molecular flexibility index (Phi) is 7.59. The van der Waals surface area contributed by atoms with Gasteiger partial charge in [0.15, 0.2) is 0 Å². The number of benzene rings is 2. The molecule has 0 saturated carbocycles. The summed E-state index contributed by atoms with van der Waals surface area (Å²) in [5.74, 6) is -0.986. The van der Waals surface area contributed by atoms with Crippen LogP contribution in [-0.4, -0.2) is 31.2 Å². The molecule has 1 aromatic heterocycles. The van der Waals surface area contributed by atoms with E-state index in [4.69, 9.17) is 4.42 Å². The quantitative estimate of drug-likeness (QED) is 0.517. The molecule has 1 atom stereocenters. The second-order valence-corrected chi connectivity index (χ2v) is 9.18. The molecule has 1 N–H and O–H groups in total. The molecule has 3 aromatic rings. The van der Waals surface area contributed by atoms with Gasteiger partial charge in [0.05, 0.1) is 19.4 Å². The molecule has 8 heteroatoms. The van der Waals surface area contributed by atoms with Crippen molar-refractivity contribution in [1.29, 1.82) is 0 Å². The number of rotatable bonds is 10. The SMILES string of the molecule is C[C@@H](CCc1ccccc1)NC(=O)CN(Cc1ccco1)S(=O)(=O)c1ccccc1F. The fourth-order valence-corrected chi connectivity index (χ4v) is 4.60. The van der Waals surface area contributed by atoms with Crippen molar-refractivity contribution in [1.82, 2.24) is 9.62 Å². The molecule has 0 bridgehead atoms. The highest BCUT2D eigenvalue weighted by Gasteiger charge is 2.30. The summed E-state index contributed by atoms with van der Waals surface area (Å²) < 4.78 is 46.5. The standard InChI is InChI=1S/C23H25FN2O4S/c1-18(13-14-19-8-3-2-4-9-19)25-23(27)17-26(16-20-10-7-15-30-20)31(28,29)22-12-6-5-11-21(22)24/h2-12,15,18H,13-14,16-17H2,1H3,(H,25,27)/t18-/m0/s1. The first-order chi connectivity index (χ1) is 14.9. The van der Waals surface area contributed by atoms with Gasteiger partial charge in [0.25, 0.3) is 0 Å². The van der Waals surface area contributed by atoms with E-state index in [1.165, 1.54) is 24.5 Å². The Bertz CT molecular complexity index is 1090. The largest absolute Gasteiger partial charge is 0.468 e. The lowest BCUT2D eigenvalue weighted by molar-refractivity contribution is -0.122. The highest BCUT2D eigenvalue weighted by atomic mass is 32.2. The van der Waals surface area contributed by atoms with Gasteiger partial charge in [0.1, 0.15) is 16.5 Å². The average molecular weight is 445 g/mol. The molecule has 0 spiro atoms. The molecule has 2 aromatic carbocycles. The Morgan fingerprint density at radius 2 is 1.77 bits per heavy atom. The number of carbonyl (C=O) groups is 1. The van der Waals surface area contributed by atoms with E-state index in [9.17, 15) is 17.6 Å². The van der Waals surface area contributed by atoms with E-state index in [1.807, 2.05) is 37.3 Å². The molecule has 1 heterocycles. The summed E-state index contributed by atoms with van der Waals surface area (Å²) in [6.45, 7) is 1.23. The van der Waals surface area contributed by atoms with Gasteiger partial charge in [-0.05, 0) is 49.6 Å². The van der Waals surface area contributed by atoms with Gasteiger partial charge in [-0.3, -0.25) is 4.79 Å². The average Bonchev–Trinajstić information content (AvgIpc) is 3.26. The summed E-state index contributed by atoms with van der Waals surface area (Å²) in [5.41, 5.74) is 1.16. The number of halogens is 1. The summed E-state index contributed by atoms with van der Waals surface area (Å²) in [6, 6.07) is 18.0. The number of hydrogen-bond donors (Lipinski definition) is 1. The normalized spacial score (nSPS) is 12.6. The van der Waals surface area contributed by atoms with Crippen LogP contribution in [0.5, 0.6) is 0 Å². The van der Waals surface area contributed by atoms with Crippen LogP contribution in [0, 0.1) is 5.82 Å². The second-order valence-electron chi connectivity index (χ2n) is 7.28. The Morgan fingerprint density at radius 1 is 1.06 bits per heavy atom. The van der Waals surface area contributed by atoms with Gasteiger partial charge in [-0.15, -0.1) is 0 Å². The lowest BCUT2D eigenvalue weighted by Gasteiger charge is -2.22. The number of nitrogens with one attached hydrogen (secondary N) is 1. The predicted molar refractivity (Wildman–Crippen MR) is 115 cm³/mol. The van der Waals surface area contributed by atoms with Crippen LogP contribution < -0.4 is 5.32 Å². The number of hydrogen-bond acceptors (Lipinski definition) is 4. The minimum Gasteiger partial charge on any atom is -0.468 e. The van der Waals surface area contributed by atoms with Gasteiger partial charge >= 0.3 is 0 Å². The molecule has 0 aliphatic rings. The molecule has 0 aliphatic heterocycles. The maximum absolute atomic E-state index is 14.2. The number of nitrogens with zero attached hydrogens (tertiary/aromatic N) is 1. The van der Waals surface area contributed by atoms with E-state index >= 15 is 0 Å². The van der Waals surface area contributed by atoms with E-state index in [-0.39, 0.29) is 12.6 Å². The van der Waals surface area contributed by atoms with Crippen LogP contribution in [-0.2, 0) is 27.8 Å². The van der Waals surface area contributed by atoms with Gasteiger partial charge in [0.2, 0.25) is 15.9 Å². The summed E-state index contributed by atoms with van der Waals surface area (Å²) >= 11 is 0. The third-order valence-electron chi connectivity index (χ3n) is 4.80. The van der Waals surface area contributed by atoms with E-state index in [0.29, 0.717) is 12.2 Å². The molecule has 0 unspecified atom stereocenters. The van der Waals surface area contributed by atoms with E-state index < -0.39 is 33.2 Å². The summed E-state index contributed by atoms with van der Waals surface area (Å²) in [7, 11) is -4.26. The maximum Gasteiger partial charge on any atom is 0.246 e. The zero-order chi connectivity index (χ0) is 22.3. The first kappa shape index (κ1) is 22.7. The van der Waals surface area contributed by atoms with Crippen molar-refractivity contribution >= 4 is 15.9 Å². The fraction of sp³-hybridized carbons (Fsp3) is 0.261. The Labute approximate surface area is 181 Å². The Hall–Kier alpha value is -2.97. The fourth-order valence-electron chi connectivity index (χ4n) is 3.18. The van der Waals surface area contributed by atoms with Crippen LogP contribution in [0.1, 0.15) is 24.7 Å². The van der Waals surface area contributed by atoms with Crippen LogP contribution in [0.25, 0.3) is 0 Å². The van der Waals surface area contributed by atoms with Crippen LogP contribution in [0.15, 0.2) is 82.3 Å². The van der Waals surface area contributed by atoms with E-state index in [0.717, 1.165) is 22.4 Å². The monoisotopic (exact) mass is 444 g/mol. The van der Waals surface area contributed by atoms with Gasteiger partial charge in [-0.25, -0.2) is 12.8 Å². The minimum absolute atomic E-state index is 0.158. The molecule has 1 amide bonds. The molecule has 164 valence electrons. The van der Waals surface area contributed by atoms with Crippen molar-refractivity contribution in [2.75, 3.05) is 6.54 Å². The van der Waals surface area contributed by atoms with Gasteiger partial charge in [-0.2, -0.15) is 4.31 Å². The molecule has 0 aliphatic carbocycles. The highest BCUT2D eigenvalue weighted by molar-refractivity contribution is 7.89. The van der Waals surface area contributed by atoms with Crippen LogP contribution in [0.4, 0.5) is 4.39 Å². The third kappa shape index (κ3) is 6.26. The predicted octanol–water partition coefficient (Wildman–Crippen LogP) is 3.75. The highest BCUT2D eigenvalue weighted by Crippen LogP contribution is 2.21. The smallest absolute Gasteiger partial charge is 0.246 e. The van der Waals surface area contributed by atoms with Crippen LogP contribution in [0.2, 0.25) is 0 Å². The van der Waals surface area contributed by atoms with E-state index in [2.05, 4.69) is 5.32 Å². The second kappa shape index (κ2) is 10.4. The lowest BCUT2D eigenvalue weighted by Crippen LogP contribution is -2.43. The third-order valence-corrected chi connectivity index (χ3v) is 6.63. The van der Waals surface area contributed by atoms with E-state index in [1.54, 1.807) is 12.1 Å². The molecule has 0 fully saturated rings. The van der Waals surface area contributed by atoms with Crippen molar-refractivity contribution in [2.45, 2.75) is 37.2 Å². The summed E-state index contributed by atoms with van der Waals surface area (Å²) in [6.07, 6.45) is 2.90. The molecule has 0 saturated heterocycles. The zero-order valence-electron chi connectivity index (χ0n) is 17.2. The summed E-state index contributed by atoms with van der Waals surface area (Å²) in [5, 5.41) is 2.83. The van der Waals surface area contributed by atoms with Crippen molar-refractivity contribution in [3.8, 4) is 0 Å². The number of furan rings is 1. The van der Waals surface area contributed by atoms with Crippen LogP contribution in [0.3, 0.4) is 0 Å². The summed E-state index contributed by atoms with van der Waals surface area (Å²) in [4.78, 5) is 12.1. The lowest BCUT2D eigenvalue weighted by atomic mass is 10.1. The zero-order valence-corrected chi connectivity index (χ0v) is 18.0. The molecule has 0 radical (unpaired) electrons. The van der Waals surface area contributed by atoms with Crippen molar-refractivity contribution in [2.24, 2.45) is 0 Å². The number of amides is 1. The number of carbonyl (C=O) groups excluding carboxylic acids is 1. The molecular weight excluding hydrogens is 419 g/mol. The first-order valence-electron chi connectivity index (χ1n) is 9.96. The molecule has 3 rings (SSSR count). The topological polar surface area (TPSA) is 79.6 Å².